The molecule has 5 heteroatoms. The lowest BCUT2D eigenvalue weighted by Gasteiger charge is -2.34. The molecule has 0 aliphatic carbocycles. The van der Waals surface area contributed by atoms with Crippen molar-refractivity contribution in [3.05, 3.63) is 58.0 Å². The van der Waals surface area contributed by atoms with Gasteiger partial charge in [0.05, 0.1) is 5.92 Å². The Morgan fingerprint density at radius 3 is 2.79 bits per heavy atom. The van der Waals surface area contributed by atoms with Gasteiger partial charge < -0.3 is 10.0 Å². The average Bonchev–Trinajstić information content (AvgIpc) is 3.13. The molecule has 2 aromatic rings. The van der Waals surface area contributed by atoms with Crippen molar-refractivity contribution in [1.29, 1.82) is 0 Å². The Hall–Kier alpha value is -1.72. The minimum atomic E-state index is -0.304. The number of carbonyl (C=O) groups excluding carboxylic acids is 1. The lowest BCUT2D eigenvalue weighted by atomic mass is 9.91. The molecule has 1 amide bonds. The second kappa shape index (κ2) is 7.90. The molecule has 24 heavy (non-hydrogen) atoms. The summed E-state index contributed by atoms with van der Waals surface area (Å²) in [6.45, 7) is 1.46. The molecule has 0 saturated carbocycles. The first-order chi connectivity index (χ1) is 11.7. The summed E-state index contributed by atoms with van der Waals surface area (Å²) in [4.78, 5) is 16.1. The predicted octanol–water partition coefficient (Wildman–Crippen LogP) is 3.44. The van der Waals surface area contributed by atoms with Crippen molar-refractivity contribution in [3.8, 4) is 0 Å². The van der Waals surface area contributed by atoms with Gasteiger partial charge in [-0.15, -0.1) is 11.3 Å². The molecule has 1 aromatic carbocycles. The van der Waals surface area contributed by atoms with E-state index >= 15 is 0 Å². The van der Waals surface area contributed by atoms with Crippen LogP contribution < -0.4 is 0 Å². The van der Waals surface area contributed by atoms with Crippen LogP contribution >= 0.6 is 11.3 Å². The van der Waals surface area contributed by atoms with Gasteiger partial charge in [-0.05, 0) is 54.3 Å². The highest BCUT2D eigenvalue weighted by atomic mass is 32.1. The number of thiophene rings is 1. The summed E-state index contributed by atoms with van der Waals surface area (Å²) in [5.41, 5.74) is 0.848. The maximum atomic E-state index is 13.3. The third-order valence-corrected chi connectivity index (χ3v) is 5.54. The van der Waals surface area contributed by atoms with Gasteiger partial charge in [0, 0.05) is 24.6 Å². The van der Waals surface area contributed by atoms with Gasteiger partial charge in [-0.2, -0.15) is 0 Å². The Kier molecular flexibility index (Phi) is 5.63. The summed E-state index contributed by atoms with van der Waals surface area (Å²) >= 11 is 1.63. The fourth-order valence-corrected chi connectivity index (χ4v) is 4.06. The molecule has 3 nitrogen and oxygen atoms in total. The van der Waals surface area contributed by atoms with E-state index in [9.17, 15) is 14.3 Å². The number of halogens is 1. The van der Waals surface area contributed by atoms with Crippen molar-refractivity contribution in [2.24, 2.45) is 5.92 Å². The smallest absolute Gasteiger partial charge is 0.230 e. The van der Waals surface area contributed by atoms with Crippen molar-refractivity contribution in [2.45, 2.75) is 25.2 Å². The van der Waals surface area contributed by atoms with Crippen molar-refractivity contribution >= 4 is 17.2 Å². The molecule has 0 radical (unpaired) electrons. The molecule has 0 spiro atoms. The monoisotopic (exact) mass is 347 g/mol. The topological polar surface area (TPSA) is 40.5 Å². The molecular formula is C19H22FNO2S. The molecule has 1 aliphatic heterocycles. The molecule has 0 bridgehead atoms. The Bertz CT molecular complexity index is 657. The van der Waals surface area contributed by atoms with Crippen molar-refractivity contribution < 1.29 is 14.3 Å². The van der Waals surface area contributed by atoms with Crippen LogP contribution in [0, 0.1) is 11.7 Å². The highest BCUT2D eigenvalue weighted by molar-refractivity contribution is 7.09. The van der Waals surface area contributed by atoms with E-state index in [-0.39, 0.29) is 30.2 Å². The molecule has 2 unspecified atom stereocenters. The number of amides is 1. The largest absolute Gasteiger partial charge is 0.396 e. The van der Waals surface area contributed by atoms with Gasteiger partial charge in [0.15, 0.2) is 0 Å². The number of hydrogen-bond acceptors (Lipinski definition) is 3. The van der Waals surface area contributed by atoms with Crippen LogP contribution in [0.3, 0.4) is 0 Å². The molecule has 2 heterocycles. The van der Waals surface area contributed by atoms with Gasteiger partial charge in [-0.1, -0.05) is 18.2 Å². The van der Waals surface area contributed by atoms with E-state index in [0.29, 0.717) is 13.0 Å². The van der Waals surface area contributed by atoms with Crippen molar-refractivity contribution in [2.75, 3.05) is 19.7 Å². The molecule has 1 fully saturated rings. The van der Waals surface area contributed by atoms with E-state index in [1.807, 2.05) is 22.4 Å². The minimum Gasteiger partial charge on any atom is -0.396 e. The number of hydrogen-bond donors (Lipinski definition) is 1. The fourth-order valence-electron chi connectivity index (χ4n) is 3.31. The summed E-state index contributed by atoms with van der Waals surface area (Å²) in [6.07, 6.45) is 2.51. The zero-order chi connectivity index (χ0) is 16.9. The molecular weight excluding hydrogens is 325 g/mol. The van der Waals surface area contributed by atoms with Crippen molar-refractivity contribution in [3.63, 3.8) is 0 Å². The number of carbonyl (C=O) groups is 1. The van der Waals surface area contributed by atoms with E-state index in [0.717, 1.165) is 29.8 Å². The molecule has 1 aliphatic rings. The third-order valence-electron chi connectivity index (χ3n) is 4.64. The summed E-state index contributed by atoms with van der Waals surface area (Å²) in [5.74, 6) is -0.354. The van der Waals surface area contributed by atoms with Crippen LogP contribution in [0.1, 0.15) is 29.2 Å². The zero-order valence-corrected chi connectivity index (χ0v) is 14.3. The Labute approximate surface area is 145 Å². The standard InChI is InChI=1S/C19H22FNO2S/c20-16-7-5-15(6-8-16)18(11-17-4-2-10-24-17)19(23)21-9-1-3-14(12-21)13-22/h2,4-8,10,14,18,22H,1,3,9,11-13H2. The van der Waals surface area contributed by atoms with E-state index in [1.165, 1.54) is 12.1 Å². The molecule has 128 valence electrons. The maximum Gasteiger partial charge on any atom is 0.230 e. The van der Waals surface area contributed by atoms with E-state index in [2.05, 4.69) is 0 Å². The third kappa shape index (κ3) is 4.02. The predicted molar refractivity (Wildman–Crippen MR) is 93.6 cm³/mol. The second-order valence-electron chi connectivity index (χ2n) is 6.36. The first-order valence-electron chi connectivity index (χ1n) is 8.35. The summed E-state index contributed by atoms with van der Waals surface area (Å²) in [7, 11) is 0. The summed E-state index contributed by atoms with van der Waals surface area (Å²) in [5, 5.41) is 11.4. The van der Waals surface area contributed by atoms with Crippen LogP contribution in [0.5, 0.6) is 0 Å². The molecule has 3 rings (SSSR count). The van der Waals surface area contributed by atoms with Gasteiger partial charge in [0.2, 0.25) is 5.91 Å². The van der Waals surface area contributed by atoms with E-state index in [4.69, 9.17) is 0 Å². The van der Waals surface area contributed by atoms with Crippen LogP contribution in [-0.2, 0) is 11.2 Å². The summed E-state index contributed by atoms with van der Waals surface area (Å²) < 4.78 is 13.3. The molecule has 1 N–H and O–H groups in total. The minimum absolute atomic E-state index is 0.0770. The van der Waals surface area contributed by atoms with E-state index < -0.39 is 0 Å². The Morgan fingerprint density at radius 2 is 2.12 bits per heavy atom. The van der Waals surface area contributed by atoms with Crippen LogP contribution in [0.25, 0.3) is 0 Å². The van der Waals surface area contributed by atoms with Gasteiger partial charge in [0.25, 0.3) is 0 Å². The maximum absolute atomic E-state index is 13.3. The van der Waals surface area contributed by atoms with Gasteiger partial charge in [0.1, 0.15) is 5.82 Å². The second-order valence-corrected chi connectivity index (χ2v) is 7.39. The number of benzene rings is 1. The number of aliphatic hydroxyl groups is 1. The quantitative estimate of drug-likeness (QED) is 0.900. The first kappa shape index (κ1) is 17.1. The SMILES string of the molecule is O=C(C(Cc1cccs1)c1ccc(F)cc1)N1CCCC(CO)C1. The average molecular weight is 347 g/mol. The van der Waals surface area contributed by atoms with Gasteiger partial charge in [-0.3, -0.25) is 4.79 Å². The Morgan fingerprint density at radius 1 is 1.33 bits per heavy atom. The number of likely N-dealkylation sites (tertiary alicyclic amines) is 1. The highest BCUT2D eigenvalue weighted by Crippen LogP contribution is 2.28. The molecule has 1 saturated heterocycles. The number of piperidine rings is 1. The fraction of sp³-hybridized carbons (Fsp3) is 0.421. The van der Waals surface area contributed by atoms with Gasteiger partial charge in [-0.25, -0.2) is 4.39 Å². The van der Waals surface area contributed by atoms with Crippen molar-refractivity contribution in [1.82, 2.24) is 4.90 Å². The van der Waals surface area contributed by atoms with Crippen LogP contribution in [-0.4, -0.2) is 35.6 Å². The Balaban J connectivity index is 1.82. The van der Waals surface area contributed by atoms with Gasteiger partial charge >= 0.3 is 0 Å². The molecule has 2 atom stereocenters. The lowest BCUT2D eigenvalue weighted by Crippen LogP contribution is -2.43. The number of rotatable bonds is 5. The lowest BCUT2D eigenvalue weighted by molar-refractivity contribution is -0.134. The first-order valence-corrected chi connectivity index (χ1v) is 9.23. The zero-order valence-electron chi connectivity index (χ0n) is 13.5. The highest BCUT2D eigenvalue weighted by Gasteiger charge is 2.30. The number of nitrogens with zero attached hydrogens (tertiary/aromatic N) is 1. The normalized spacial score (nSPS) is 19.2. The van der Waals surface area contributed by atoms with Crippen LogP contribution in [0.4, 0.5) is 4.39 Å². The number of aliphatic hydroxyl groups excluding tert-OH is 1. The summed E-state index contributed by atoms with van der Waals surface area (Å²) in [6, 6.07) is 10.3. The molecule has 1 aromatic heterocycles. The van der Waals surface area contributed by atoms with Crippen LogP contribution in [0.2, 0.25) is 0 Å². The van der Waals surface area contributed by atoms with E-state index in [1.54, 1.807) is 23.5 Å². The van der Waals surface area contributed by atoms with Crippen LogP contribution in [0.15, 0.2) is 41.8 Å².